The van der Waals surface area contributed by atoms with Crippen molar-refractivity contribution in [2.45, 2.75) is 63.4 Å². The van der Waals surface area contributed by atoms with Crippen molar-refractivity contribution in [2.24, 2.45) is 0 Å². The van der Waals surface area contributed by atoms with E-state index in [-0.39, 0.29) is 22.9 Å². The van der Waals surface area contributed by atoms with Crippen molar-refractivity contribution >= 4 is 17.9 Å². The van der Waals surface area contributed by atoms with Crippen LogP contribution < -0.4 is 14.2 Å². The number of hydrogen-bond acceptors (Lipinski definition) is 9. The molecule has 0 amide bonds. The van der Waals surface area contributed by atoms with Crippen LogP contribution in [0.5, 0.6) is 11.5 Å². The highest BCUT2D eigenvalue weighted by Gasteiger charge is 2.37. The van der Waals surface area contributed by atoms with Gasteiger partial charge in [-0.15, -0.1) is 10.2 Å². The first-order valence-corrected chi connectivity index (χ1v) is 12.4. The van der Waals surface area contributed by atoms with Gasteiger partial charge in [0.1, 0.15) is 29.1 Å². The van der Waals surface area contributed by atoms with E-state index in [2.05, 4.69) is 38.7 Å². The molecule has 1 aliphatic rings. The van der Waals surface area contributed by atoms with Gasteiger partial charge in [-0.25, -0.2) is 14.4 Å². The molecule has 0 bridgehead atoms. The molecule has 0 aliphatic carbocycles. The van der Waals surface area contributed by atoms with E-state index in [0.717, 1.165) is 12.8 Å². The van der Waals surface area contributed by atoms with Crippen molar-refractivity contribution in [3.63, 3.8) is 0 Å². The second kappa shape index (κ2) is 10.4. The second-order valence-electron chi connectivity index (χ2n) is 9.11. The maximum absolute atomic E-state index is 13.2. The molecule has 3 unspecified atom stereocenters. The quantitative estimate of drug-likeness (QED) is 0.401. The van der Waals surface area contributed by atoms with Gasteiger partial charge in [0.15, 0.2) is 11.6 Å². The first kappa shape index (κ1) is 25.2. The summed E-state index contributed by atoms with van der Waals surface area (Å²) in [5.41, 5.74) is 0.449. The molecule has 11 heteroatoms. The van der Waals surface area contributed by atoms with Crippen LogP contribution in [0, 0.1) is 5.82 Å². The molecule has 1 N–H and O–H groups in total. The van der Waals surface area contributed by atoms with Gasteiger partial charge in [0, 0.05) is 11.2 Å². The number of ether oxygens (including phenoxy) is 3. The van der Waals surface area contributed by atoms with Gasteiger partial charge in [0.25, 0.3) is 0 Å². The molecular weight excluding hydrogens is 471 g/mol. The van der Waals surface area contributed by atoms with E-state index in [1.165, 1.54) is 24.3 Å². The summed E-state index contributed by atoms with van der Waals surface area (Å²) in [5.74, 6) is 2.51. The fourth-order valence-electron chi connectivity index (χ4n) is 4.02. The molecule has 3 aromatic rings. The third-order valence-corrected chi connectivity index (χ3v) is 7.24. The third kappa shape index (κ3) is 5.35. The molecule has 3 heterocycles. The number of halogens is 1. The summed E-state index contributed by atoms with van der Waals surface area (Å²) in [7, 11) is 3.23. The number of para-hydroxylation sites is 1. The maximum atomic E-state index is 13.2. The van der Waals surface area contributed by atoms with Gasteiger partial charge in [-0.1, -0.05) is 19.9 Å². The average Bonchev–Trinajstić information content (AvgIpc) is 3.44. The Kier molecular flexibility index (Phi) is 7.46. The van der Waals surface area contributed by atoms with Crippen LogP contribution in [0.15, 0.2) is 30.6 Å². The van der Waals surface area contributed by atoms with E-state index in [1.807, 2.05) is 36.6 Å². The summed E-state index contributed by atoms with van der Waals surface area (Å²) in [6, 6.07) is 5.61. The minimum atomic E-state index is -0.455. The van der Waals surface area contributed by atoms with Crippen LogP contribution in [0.3, 0.4) is 0 Å². The number of anilines is 1. The molecule has 188 valence electrons. The van der Waals surface area contributed by atoms with Gasteiger partial charge in [-0.2, -0.15) is 0 Å². The van der Waals surface area contributed by atoms with E-state index in [9.17, 15) is 4.39 Å². The van der Waals surface area contributed by atoms with Crippen molar-refractivity contribution in [3.8, 4) is 17.2 Å². The van der Waals surface area contributed by atoms with Gasteiger partial charge in [-0.3, -0.25) is 9.29 Å². The fourth-order valence-corrected chi connectivity index (χ4v) is 4.77. The first-order valence-electron chi connectivity index (χ1n) is 11.5. The summed E-state index contributed by atoms with van der Waals surface area (Å²) in [4.78, 5) is 8.25. The van der Waals surface area contributed by atoms with Crippen molar-refractivity contribution in [3.05, 3.63) is 48.1 Å². The van der Waals surface area contributed by atoms with Crippen molar-refractivity contribution in [2.75, 3.05) is 18.9 Å². The lowest BCUT2D eigenvalue weighted by atomic mass is 10.1. The molecule has 1 fully saturated rings. The molecule has 2 aromatic heterocycles. The van der Waals surface area contributed by atoms with Crippen LogP contribution >= 0.6 is 11.9 Å². The zero-order valence-corrected chi connectivity index (χ0v) is 21.6. The number of hydrogen-bond donors (Lipinski definition) is 1. The average molecular weight is 503 g/mol. The van der Waals surface area contributed by atoms with Crippen LogP contribution in [-0.4, -0.2) is 49.8 Å². The predicted octanol–water partition coefficient (Wildman–Crippen LogP) is 5.10. The summed E-state index contributed by atoms with van der Waals surface area (Å²) in [6.45, 7) is 8.20. The van der Waals surface area contributed by atoms with Gasteiger partial charge < -0.3 is 14.2 Å². The predicted molar refractivity (Wildman–Crippen MR) is 133 cm³/mol. The Morgan fingerprint density at radius 3 is 2.37 bits per heavy atom. The minimum Gasteiger partial charge on any atom is -0.494 e. The van der Waals surface area contributed by atoms with E-state index in [4.69, 9.17) is 14.2 Å². The van der Waals surface area contributed by atoms with Gasteiger partial charge in [0.05, 0.1) is 32.2 Å². The second-order valence-corrected chi connectivity index (χ2v) is 10.3. The number of methoxy groups -OCH3 is 2. The molecule has 35 heavy (non-hydrogen) atoms. The zero-order valence-electron chi connectivity index (χ0n) is 20.8. The molecule has 1 saturated heterocycles. The van der Waals surface area contributed by atoms with E-state index >= 15 is 0 Å². The Bertz CT molecular complexity index is 1130. The fraction of sp³-hybridized carbons (Fsp3) is 0.500. The summed E-state index contributed by atoms with van der Waals surface area (Å²) in [6.07, 6.45) is 3.88. The molecule has 9 nitrogen and oxygen atoms in total. The Balaban J connectivity index is 1.67. The number of rotatable bonds is 9. The van der Waals surface area contributed by atoms with E-state index in [1.54, 1.807) is 14.2 Å². The molecule has 0 saturated carbocycles. The van der Waals surface area contributed by atoms with Crippen molar-refractivity contribution in [1.82, 2.24) is 24.7 Å². The van der Waals surface area contributed by atoms with Gasteiger partial charge >= 0.3 is 0 Å². The van der Waals surface area contributed by atoms with Crippen LogP contribution in [0.25, 0.3) is 5.69 Å². The minimum absolute atomic E-state index is 0.0373. The highest BCUT2D eigenvalue weighted by Crippen LogP contribution is 2.43. The molecule has 4 rings (SSSR count). The van der Waals surface area contributed by atoms with Crippen LogP contribution in [-0.2, 0) is 4.74 Å². The summed E-state index contributed by atoms with van der Waals surface area (Å²) in [5, 5.41) is 9.01. The lowest BCUT2D eigenvalue weighted by Gasteiger charge is -2.22. The molecule has 0 radical (unpaired) electrons. The topological polar surface area (TPSA) is 96.2 Å². The highest BCUT2D eigenvalue weighted by atomic mass is 32.2. The molecule has 0 spiro atoms. The smallest absolute Gasteiger partial charge is 0.239 e. The maximum Gasteiger partial charge on any atom is 0.239 e. The number of nitrogens with zero attached hydrogens (tertiary/aromatic N) is 5. The summed E-state index contributed by atoms with van der Waals surface area (Å²) < 4.78 is 36.1. The Hall–Kier alpha value is -2.92. The van der Waals surface area contributed by atoms with Gasteiger partial charge in [-0.05, 0) is 50.8 Å². The van der Waals surface area contributed by atoms with Crippen LogP contribution in [0.2, 0.25) is 0 Å². The van der Waals surface area contributed by atoms with Crippen molar-refractivity contribution in [1.29, 1.82) is 0 Å². The Morgan fingerprint density at radius 2 is 1.80 bits per heavy atom. The summed E-state index contributed by atoms with van der Waals surface area (Å²) >= 11 is 1.46. The number of benzene rings is 1. The lowest BCUT2D eigenvalue weighted by Crippen LogP contribution is -2.19. The molecule has 1 aromatic carbocycles. The molecule has 3 atom stereocenters. The van der Waals surface area contributed by atoms with Gasteiger partial charge in [0.2, 0.25) is 5.95 Å². The monoisotopic (exact) mass is 502 g/mol. The molecule has 1 aliphatic heterocycles. The van der Waals surface area contributed by atoms with Crippen LogP contribution in [0.4, 0.5) is 10.3 Å². The van der Waals surface area contributed by atoms with Crippen LogP contribution in [0.1, 0.15) is 64.2 Å². The third-order valence-electron chi connectivity index (χ3n) is 6.16. The number of aromatic nitrogens is 5. The van der Waals surface area contributed by atoms with E-state index < -0.39 is 5.82 Å². The molecular formula is C24H31FN6O3S. The Labute approximate surface area is 208 Å². The highest BCUT2D eigenvalue weighted by molar-refractivity contribution is 8.01. The number of nitrogens with one attached hydrogen (secondary N) is 1. The largest absolute Gasteiger partial charge is 0.494 e. The van der Waals surface area contributed by atoms with E-state index in [0.29, 0.717) is 34.8 Å². The normalized spacial score (nSPS) is 18.8. The Morgan fingerprint density at radius 1 is 1.14 bits per heavy atom. The standard InChI is InChI=1S/C24H31FN6O3S/c1-14(21-26-12-16(25)13-27-21)15(2)35-30-23-29-28-22(19-10-11-24(3,4)34-19)31(23)20-17(32-5)8-7-9-18(20)33-6/h7-9,12-15,19H,10-11H2,1-6H3,(H,29,30). The van der Waals surface area contributed by atoms with Crippen molar-refractivity contribution < 1.29 is 18.6 Å². The lowest BCUT2D eigenvalue weighted by molar-refractivity contribution is -0.0207. The first-order chi connectivity index (χ1) is 16.7. The zero-order chi connectivity index (χ0) is 25.2. The SMILES string of the molecule is COc1cccc(OC)c1-n1c(NSC(C)C(C)c2ncc(F)cn2)nnc1C1CCC(C)(C)O1.